The molecule has 0 spiro atoms. The molecule has 0 aliphatic rings. The first-order valence-corrected chi connectivity index (χ1v) is 4.94. The van der Waals surface area contributed by atoms with E-state index < -0.39 is 0 Å². The minimum absolute atomic E-state index is 0.390. The molecule has 1 heterocycles. The number of para-hydroxylation sites is 1. The van der Waals surface area contributed by atoms with Gasteiger partial charge in [0.25, 0.3) is 0 Å². The lowest BCUT2D eigenvalue weighted by molar-refractivity contribution is 1.00. The lowest BCUT2D eigenvalue weighted by Gasteiger charge is -2.04. The number of hydrogen-bond donors (Lipinski definition) is 3. The van der Waals surface area contributed by atoms with Crippen molar-refractivity contribution in [3.8, 4) is 0 Å². The van der Waals surface area contributed by atoms with Gasteiger partial charge in [-0.3, -0.25) is 0 Å². The number of imidazole rings is 1. The van der Waals surface area contributed by atoms with Crippen molar-refractivity contribution in [3.05, 3.63) is 48.5 Å². The van der Waals surface area contributed by atoms with Gasteiger partial charge in [-0.2, -0.15) is 0 Å². The van der Waals surface area contributed by atoms with Gasteiger partial charge in [0, 0.05) is 11.9 Å². The monoisotopic (exact) mass is 215 g/mol. The first-order valence-electron chi connectivity index (χ1n) is 4.94. The first kappa shape index (κ1) is 10.2. The zero-order chi connectivity index (χ0) is 11.2. The number of aliphatic imine (C=N–C) groups is 1. The summed E-state index contributed by atoms with van der Waals surface area (Å²) >= 11 is 0. The minimum Gasteiger partial charge on any atom is -0.370 e. The lowest BCUT2D eigenvalue weighted by atomic mass is 10.3. The fourth-order valence-electron chi connectivity index (χ4n) is 1.25. The molecule has 0 fully saturated rings. The average molecular weight is 215 g/mol. The van der Waals surface area contributed by atoms with E-state index in [0.29, 0.717) is 12.5 Å². The standard InChI is InChI=1S/C11H13N5/c12-11(14-7-10-6-13-8-15-10)16-9-4-2-1-3-5-9/h1-6,8H,7H2,(H,13,15)(H3,12,14,16). The normalized spacial score (nSPS) is 11.4. The SMILES string of the molecule is NC(=NCc1cnc[nH]1)Nc1ccccc1. The van der Waals surface area contributed by atoms with Crippen LogP contribution in [0.4, 0.5) is 5.69 Å². The van der Waals surface area contributed by atoms with Crippen molar-refractivity contribution in [2.24, 2.45) is 10.7 Å². The van der Waals surface area contributed by atoms with Crippen LogP contribution in [0.25, 0.3) is 0 Å². The third-order valence-corrected chi connectivity index (χ3v) is 2.02. The summed E-state index contributed by atoms with van der Waals surface area (Å²) in [5.74, 6) is 0.390. The maximum absolute atomic E-state index is 5.73. The second kappa shape index (κ2) is 4.97. The van der Waals surface area contributed by atoms with Crippen molar-refractivity contribution in [1.29, 1.82) is 0 Å². The summed E-state index contributed by atoms with van der Waals surface area (Å²) in [5.41, 5.74) is 7.58. The van der Waals surface area contributed by atoms with Crippen LogP contribution >= 0.6 is 0 Å². The van der Waals surface area contributed by atoms with E-state index in [0.717, 1.165) is 11.4 Å². The van der Waals surface area contributed by atoms with Gasteiger partial charge in [0.2, 0.25) is 0 Å². The van der Waals surface area contributed by atoms with Gasteiger partial charge < -0.3 is 16.0 Å². The Labute approximate surface area is 93.4 Å². The highest BCUT2D eigenvalue weighted by Gasteiger charge is 1.94. The largest absolute Gasteiger partial charge is 0.370 e. The quantitative estimate of drug-likeness (QED) is 0.534. The third kappa shape index (κ3) is 2.84. The van der Waals surface area contributed by atoms with Crippen molar-refractivity contribution in [2.45, 2.75) is 6.54 Å². The van der Waals surface area contributed by atoms with Gasteiger partial charge in [0.05, 0.1) is 18.6 Å². The number of benzene rings is 1. The molecule has 0 radical (unpaired) electrons. The molecule has 1 aromatic heterocycles. The molecule has 0 unspecified atom stereocenters. The van der Waals surface area contributed by atoms with E-state index in [1.807, 2.05) is 30.3 Å². The van der Waals surface area contributed by atoms with Crippen molar-refractivity contribution in [1.82, 2.24) is 9.97 Å². The maximum Gasteiger partial charge on any atom is 0.193 e. The molecule has 0 saturated heterocycles. The Morgan fingerprint density at radius 2 is 2.19 bits per heavy atom. The number of guanidine groups is 1. The minimum atomic E-state index is 0.390. The topological polar surface area (TPSA) is 79.1 Å². The fraction of sp³-hybridized carbons (Fsp3) is 0.0909. The Morgan fingerprint density at radius 1 is 1.38 bits per heavy atom. The van der Waals surface area contributed by atoms with Crippen LogP contribution < -0.4 is 11.1 Å². The molecule has 0 atom stereocenters. The first-order chi connectivity index (χ1) is 7.84. The van der Waals surface area contributed by atoms with Gasteiger partial charge in [0.15, 0.2) is 5.96 Å². The van der Waals surface area contributed by atoms with E-state index in [9.17, 15) is 0 Å². The predicted molar refractivity (Wildman–Crippen MR) is 64.0 cm³/mol. The Hall–Kier alpha value is -2.30. The number of nitrogens with one attached hydrogen (secondary N) is 2. The van der Waals surface area contributed by atoms with Crippen LogP contribution in [0.15, 0.2) is 47.8 Å². The van der Waals surface area contributed by atoms with Gasteiger partial charge in [-0.1, -0.05) is 18.2 Å². The van der Waals surface area contributed by atoms with Crippen LogP contribution in [0, 0.1) is 0 Å². The zero-order valence-corrected chi connectivity index (χ0v) is 8.72. The Bertz CT molecular complexity index is 446. The molecule has 0 aliphatic heterocycles. The molecule has 1 aromatic carbocycles. The van der Waals surface area contributed by atoms with E-state index in [2.05, 4.69) is 20.3 Å². The molecule has 2 rings (SSSR count). The second-order valence-electron chi connectivity index (χ2n) is 3.27. The maximum atomic E-state index is 5.73. The highest BCUT2D eigenvalue weighted by Crippen LogP contribution is 2.04. The van der Waals surface area contributed by atoms with Gasteiger partial charge in [-0.15, -0.1) is 0 Å². The van der Waals surface area contributed by atoms with Crippen LogP contribution in [-0.4, -0.2) is 15.9 Å². The van der Waals surface area contributed by atoms with Crippen molar-refractivity contribution < 1.29 is 0 Å². The summed E-state index contributed by atoms with van der Waals surface area (Å²) in [6, 6.07) is 9.68. The molecule has 16 heavy (non-hydrogen) atoms. The smallest absolute Gasteiger partial charge is 0.193 e. The molecule has 82 valence electrons. The summed E-state index contributed by atoms with van der Waals surface area (Å²) in [5, 5.41) is 3.00. The third-order valence-electron chi connectivity index (χ3n) is 2.02. The molecular weight excluding hydrogens is 202 g/mol. The molecular formula is C11H13N5. The summed E-state index contributed by atoms with van der Waals surface area (Å²) in [6.45, 7) is 0.492. The molecule has 5 nitrogen and oxygen atoms in total. The van der Waals surface area contributed by atoms with Crippen LogP contribution in [0.5, 0.6) is 0 Å². The molecule has 0 bridgehead atoms. The van der Waals surface area contributed by atoms with Crippen molar-refractivity contribution >= 4 is 11.6 Å². The molecule has 0 saturated carbocycles. The van der Waals surface area contributed by atoms with Crippen LogP contribution in [0.2, 0.25) is 0 Å². The van der Waals surface area contributed by atoms with Crippen LogP contribution in [0.1, 0.15) is 5.69 Å². The van der Waals surface area contributed by atoms with E-state index in [-0.39, 0.29) is 0 Å². The van der Waals surface area contributed by atoms with Crippen molar-refractivity contribution in [3.63, 3.8) is 0 Å². The number of anilines is 1. The Kier molecular flexibility index (Phi) is 3.18. The van der Waals surface area contributed by atoms with Gasteiger partial charge >= 0.3 is 0 Å². The van der Waals surface area contributed by atoms with Crippen molar-refractivity contribution in [2.75, 3.05) is 5.32 Å². The Balaban J connectivity index is 1.93. The van der Waals surface area contributed by atoms with Gasteiger partial charge in [0.1, 0.15) is 0 Å². The van der Waals surface area contributed by atoms with Crippen LogP contribution in [0.3, 0.4) is 0 Å². The summed E-state index contributed by atoms with van der Waals surface area (Å²) < 4.78 is 0. The average Bonchev–Trinajstić information content (AvgIpc) is 2.81. The number of H-pyrrole nitrogens is 1. The lowest BCUT2D eigenvalue weighted by Crippen LogP contribution is -2.22. The number of aromatic amines is 1. The van der Waals surface area contributed by atoms with Gasteiger partial charge in [-0.25, -0.2) is 9.98 Å². The summed E-state index contributed by atoms with van der Waals surface area (Å²) in [6.07, 6.45) is 3.34. The van der Waals surface area contributed by atoms with E-state index >= 15 is 0 Å². The number of aromatic nitrogens is 2. The number of nitrogens with two attached hydrogens (primary N) is 1. The predicted octanol–water partition coefficient (Wildman–Crippen LogP) is 1.34. The van der Waals surface area contributed by atoms with Crippen LogP contribution in [-0.2, 0) is 6.54 Å². The summed E-state index contributed by atoms with van der Waals surface area (Å²) in [4.78, 5) is 11.0. The van der Waals surface area contributed by atoms with E-state index in [1.165, 1.54) is 0 Å². The highest BCUT2D eigenvalue weighted by atomic mass is 15.1. The van der Waals surface area contributed by atoms with Gasteiger partial charge in [-0.05, 0) is 12.1 Å². The number of hydrogen-bond acceptors (Lipinski definition) is 2. The molecule has 5 heteroatoms. The molecule has 4 N–H and O–H groups in total. The van der Waals surface area contributed by atoms with E-state index in [1.54, 1.807) is 12.5 Å². The number of rotatable bonds is 3. The molecule has 0 aliphatic carbocycles. The highest BCUT2D eigenvalue weighted by molar-refractivity contribution is 5.92. The fourth-order valence-corrected chi connectivity index (χ4v) is 1.25. The van der Waals surface area contributed by atoms with E-state index in [4.69, 9.17) is 5.73 Å². The number of nitrogens with zero attached hydrogens (tertiary/aromatic N) is 2. The Morgan fingerprint density at radius 3 is 2.88 bits per heavy atom. The molecule has 2 aromatic rings. The molecule has 0 amide bonds. The summed E-state index contributed by atoms with van der Waals surface area (Å²) in [7, 11) is 0. The zero-order valence-electron chi connectivity index (χ0n) is 8.72. The second-order valence-corrected chi connectivity index (χ2v) is 3.27.